The largest absolute Gasteiger partial charge is 0.433 e. The number of nitrogens with one attached hydrogen (secondary N) is 1. The van der Waals surface area contributed by atoms with Gasteiger partial charge in [-0.25, -0.2) is 4.98 Å². The zero-order valence-electron chi connectivity index (χ0n) is 11.4. The van der Waals surface area contributed by atoms with Gasteiger partial charge in [-0.15, -0.1) is 0 Å². The smallest absolute Gasteiger partial charge is 0.339 e. The maximum atomic E-state index is 12.7. The van der Waals surface area contributed by atoms with Crippen LogP contribution in [0.5, 0.6) is 0 Å². The third kappa shape index (κ3) is 3.31. The Labute approximate surface area is 120 Å². The van der Waals surface area contributed by atoms with Crippen LogP contribution < -0.4 is 5.32 Å². The van der Waals surface area contributed by atoms with Crippen molar-refractivity contribution in [2.45, 2.75) is 20.0 Å². The second kappa shape index (κ2) is 5.44. The first-order valence-electron chi connectivity index (χ1n) is 6.14. The zero-order chi connectivity index (χ0) is 15.6. The summed E-state index contributed by atoms with van der Waals surface area (Å²) in [6.07, 6.45) is -4.55. The average Bonchev–Trinajstić information content (AvgIpc) is 2.41. The van der Waals surface area contributed by atoms with Crippen molar-refractivity contribution in [3.05, 3.63) is 52.7 Å². The number of rotatable bonds is 2. The molecule has 0 aliphatic heterocycles. The molecule has 1 aromatic heterocycles. The Morgan fingerprint density at radius 3 is 2.43 bits per heavy atom. The molecule has 0 bridgehead atoms. The molecular weight excluding hydrogens is 279 g/mol. The second-order valence-corrected chi connectivity index (χ2v) is 4.65. The van der Waals surface area contributed by atoms with E-state index in [0.29, 0.717) is 5.69 Å². The van der Waals surface area contributed by atoms with Crippen LogP contribution in [0.25, 0.3) is 0 Å². The maximum Gasteiger partial charge on any atom is 0.433 e. The Hall–Kier alpha value is -2.55. The quantitative estimate of drug-likeness (QED) is 0.895. The molecule has 2 rings (SSSR count). The molecule has 0 saturated heterocycles. The first kappa shape index (κ1) is 14.9. The van der Waals surface area contributed by atoms with Crippen molar-refractivity contribution in [1.29, 1.82) is 5.26 Å². The van der Waals surface area contributed by atoms with Crippen LogP contribution in [0.2, 0.25) is 0 Å². The molecule has 1 heterocycles. The lowest BCUT2D eigenvalue weighted by Gasteiger charge is -2.13. The van der Waals surface area contributed by atoms with E-state index in [1.54, 1.807) is 6.07 Å². The van der Waals surface area contributed by atoms with Crippen LogP contribution >= 0.6 is 0 Å². The number of pyridine rings is 1. The minimum atomic E-state index is -4.55. The number of hydrogen-bond acceptors (Lipinski definition) is 3. The lowest BCUT2D eigenvalue weighted by Crippen LogP contribution is -2.10. The van der Waals surface area contributed by atoms with E-state index < -0.39 is 11.9 Å². The Morgan fingerprint density at radius 2 is 1.86 bits per heavy atom. The minimum absolute atomic E-state index is 0.0583. The van der Waals surface area contributed by atoms with E-state index in [9.17, 15) is 13.2 Å². The molecule has 0 aliphatic carbocycles. The van der Waals surface area contributed by atoms with E-state index in [1.807, 2.05) is 32.0 Å². The number of nitriles is 1. The lowest BCUT2D eigenvalue weighted by molar-refractivity contribution is -0.141. The van der Waals surface area contributed by atoms with Gasteiger partial charge >= 0.3 is 6.18 Å². The summed E-state index contributed by atoms with van der Waals surface area (Å²) in [6.45, 7) is 3.75. The molecule has 0 atom stereocenters. The van der Waals surface area contributed by atoms with E-state index in [1.165, 1.54) is 0 Å². The van der Waals surface area contributed by atoms with Crippen LogP contribution in [0.3, 0.4) is 0 Å². The molecule has 21 heavy (non-hydrogen) atoms. The number of aromatic nitrogens is 1. The van der Waals surface area contributed by atoms with Crippen molar-refractivity contribution >= 4 is 11.5 Å². The van der Waals surface area contributed by atoms with Crippen LogP contribution in [0.4, 0.5) is 24.7 Å². The molecule has 0 radical (unpaired) electrons. The van der Waals surface area contributed by atoms with Gasteiger partial charge in [-0.3, -0.25) is 0 Å². The Morgan fingerprint density at radius 1 is 1.14 bits per heavy atom. The molecule has 2 aromatic rings. The molecule has 1 N–H and O–H groups in total. The molecule has 3 nitrogen and oxygen atoms in total. The molecule has 0 aliphatic rings. The number of anilines is 2. The van der Waals surface area contributed by atoms with Crippen LogP contribution in [0.15, 0.2) is 30.3 Å². The van der Waals surface area contributed by atoms with Crippen LogP contribution in [0.1, 0.15) is 22.4 Å². The van der Waals surface area contributed by atoms with Gasteiger partial charge in [-0.1, -0.05) is 17.7 Å². The van der Waals surface area contributed by atoms with Gasteiger partial charge in [0.2, 0.25) is 0 Å². The number of halogens is 3. The summed E-state index contributed by atoms with van der Waals surface area (Å²) in [5.41, 5.74) is 1.54. The summed E-state index contributed by atoms with van der Waals surface area (Å²) >= 11 is 0. The van der Waals surface area contributed by atoms with Gasteiger partial charge < -0.3 is 5.32 Å². The van der Waals surface area contributed by atoms with E-state index >= 15 is 0 Å². The highest BCUT2D eigenvalue weighted by molar-refractivity contribution is 5.65. The highest BCUT2D eigenvalue weighted by Gasteiger charge is 2.33. The first-order chi connectivity index (χ1) is 9.81. The molecule has 1 aromatic carbocycles. The van der Waals surface area contributed by atoms with Gasteiger partial charge in [0.25, 0.3) is 0 Å². The van der Waals surface area contributed by atoms with Gasteiger partial charge in [0.05, 0.1) is 5.56 Å². The SMILES string of the molecule is Cc1ccc(Nc2nc(C(F)(F)F)ccc2C#N)c(C)c1. The molecule has 0 fully saturated rings. The second-order valence-electron chi connectivity index (χ2n) is 4.65. The Bertz CT molecular complexity index is 715. The summed E-state index contributed by atoms with van der Waals surface area (Å²) in [4.78, 5) is 3.52. The Balaban J connectivity index is 2.45. The minimum Gasteiger partial charge on any atom is -0.339 e. The fourth-order valence-corrected chi connectivity index (χ4v) is 1.88. The fourth-order valence-electron chi connectivity index (χ4n) is 1.88. The van der Waals surface area contributed by atoms with Gasteiger partial charge in [0.15, 0.2) is 0 Å². The van der Waals surface area contributed by atoms with Crippen LogP contribution in [0, 0.1) is 25.2 Å². The number of benzene rings is 1. The number of hydrogen-bond donors (Lipinski definition) is 1. The molecule has 0 unspecified atom stereocenters. The van der Waals surface area contributed by atoms with Crippen molar-refractivity contribution in [3.63, 3.8) is 0 Å². The average molecular weight is 291 g/mol. The van der Waals surface area contributed by atoms with Crippen molar-refractivity contribution < 1.29 is 13.2 Å². The molecule has 0 amide bonds. The van der Waals surface area contributed by atoms with Crippen LogP contribution in [-0.4, -0.2) is 4.98 Å². The predicted octanol–water partition coefficient (Wildman–Crippen LogP) is 4.33. The number of alkyl halides is 3. The summed E-state index contributed by atoms with van der Waals surface area (Å²) < 4.78 is 38.1. The monoisotopic (exact) mass is 291 g/mol. The summed E-state index contributed by atoms with van der Waals surface area (Å²) in [5, 5.41) is 11.8. The van der Waals surface area contributed by atoms with E-state index in [0.717, 1.165) is 23.3 Å². The van der Waals surface area contributed by atoms with Gasteiger partial charge in [0.1, 0.15) is 17.6 Å². The van der Waals surface area contributed by atoms with Gasteiger partial charge in [-0.2, -0.15) is 18.4 Å². The summed E-state index contributed by atoms with van der Waals surface area (Å²) in [7, 11) is 0. The highest BCUT2D eigenvalue weighted by Crippen LogP contribution is 2.30. The standard InChI is InChI=1S/C15H12F3N3/c1-9-3-5-12(10(2)7-9)20-14-11(8-19)4-6-13(21-14)15(16,17)18/h3-7H,1-2H3,(H,20,21). The molecular formula is C15H12F3N3. The molecule has 108 valence electrons. The molecule has 0 saturated carbocycles. The number of nitrogens with zero attached hydrogens (tertiary/aromatic N) is 2. The first-order valence-corrected chi connectivity index (χ1v) is 6.14. The maximum absolute atomic E-state index is 12.7. The highest BCUT2D eigenvalue weighted by atomic mass is 19.4. The van der Waals surface area contributed by atoms with E-state index in [2.05, 4.69) is 10.3 Å². The van der Waals surface area contributed by atoms with Crippen molar-refractivity contribution in [1.82, 2.24) is 4.98 Å². The van der Waals surface area contributed by atoms with Crippen molar-refractivity contribution in [3.8, 4) is 6.07 Å². The molecule has 6 heteroatoms. The normalized spacial score (nSPS) is 11.0. The zero-order valence-corrected chi connectivity index (χ0v) is 11.4. The van der Waals surface area contributed by atoms with Crippen molar-refractivity contribution in [2.75, 3.05) is 5.32 Å². The van der Waals surface area contributed by atoms with Gasteiger partial charge in [0, 0.05) is 5.69 Å². The summed E-state index contributed by atoms with van der Waals surface area (Å²) in [5.74, 6) is -0.0979. The predicted molar refractivity (Wildman–Crippen MR) is 73.2 cm³/mol. The number of aryl methyl sites for hydroxylation is 2. The summed E-state index contributed by atoms with van der Waals surface area (Å²) in [6, 6.07) is 9.21. The fraction of sp³-hybridized carbons (Fsp3) is 0.200. The van der Waals surface area contributed by atoms with E-state index in [-0.39, 0.29) is 11.4 Å². The van der Waals surface area contributed by atoms with E-state index in [4.69, 9.17) is 5.26 Å². The topological polar surface area (TPSA) is 48.7 Å². The lowest BCUT2D eigenvalue weighted by atomic mass is 10.1. The van der Waals surface area contributed by atoms with Crippen LogP contribution in [-0.2, 0) is 6.18 Å². The third-order valence-corrected chi connectivity index (χ3v) is 2.94. The Kier molecular flexibility index (Phi) is 3.85. The molecule has 0 spiro atoms. The van der Waals surface area contributed by atoms with Gasteiger partial charge in [-0.05, 0) is 37.6 Å². The van der Waals surface area contributed by atoms with Crippen molar-refractivity contribution in [2.24, 2.45) is 0 Å². The third-order valence-electron chi connectivity index (χ3n) is 2.94.